The van der Waals surface area contributed by atoms with Crippen LogP contribution < -0.4 is 5.32 Å². The van der Waals surface area contributed by atoms with Crippen LogP contribution in [0.25, 0.3) is 0 Å². The van der Waals surface area contributed by atoms with E-state index in [1.807, 2.05) is 0 Å². The highest BCUT2D eigenvalue weighted by molar-refractivity contribution is 5.38. The smallest absolute Gasteiger partial charge is 0.0400 e. The van der Waals surface area contributed by atoms with Crippen molar-refractivity contribution in [2.24, 2.45) is 0 Å². The van der Waals surface area contributed by atoms with Gasteiger partial charge >= 0.3 is 0 Å². The summed E-state index contributed by atoms with van der Waals surface area (Å²) >= 11 is 0. The van der Waals surface area contributed by atoms with E-state index in [-0.39, 0.29) is 0 Å². The highest BCUT2D eigenvalue weighted by atomic mass is 14.9. The normalized spacial score (nSPS) is 10.5. The van der Waals surface area contributed by atoms with Gasteiger partial charge in [0.15, 0.2) is 0 Å². The molecule has 1 N–H and O–H groups in total. The van der Waals surface area contributed by atoms with E-state index >= 15 is 0 Å². The van der Waals surface area contributed by atoms with Gasteiger partial charge in [0.2, 0.25) is 0 Å². The van der Waals surface area contributed by atoms with Gasteiger partial charge < -0.3 is 5.32 Å². The average molecular weight is 295 g/mol. The third kappa shape index (κ3) is 6.17. The Labute approximate surface area is 136 Å². The Morgan fingerprint density at radius 2 is 1.73 bits per heavy atom. The molecule has 0 aliphatic rings. The van der Waals surface area contributed by atoms with Crippen LogP contribution in [0.4, 0.5) is 0 Å². The molecular formula is C21H29N. The fraction of sp³-hybridized carbons (Fsp3) is 0.333. The van der Waals surface area contributed by atoms with Crippen molar-refractivity contribution in [1.82, 2.24) is 5.32 Å². The number of nitrogens with one attached hydrogen (secondary N) is 1. The van der Waals surface area contributed by atoms with Crippen molar-refractivity contribution in [2.45, 2.75) is 47.1 Å². The van der Waals surface area contributed by atoms with Gasteiger partial charge in [0, 0.05) is 12.2 Å². The van der Waals surface area contributed by atoms with Crippen molar-refractivity contribution in [3.63, 3.8) is 0 Å². The lowest BCUT2D eigenvalue weighted by molar-refractivity contribution is 0.828. The number of rotatable bonds is 8. The van der Waals surface area contributed by atoms with E-state index in [4.69, 9.17) is 0 Å². The highest BCUT2D eigenvalue weighted by Crippen LogP contribution is 2.15. The van der Waals surface area contributed by atoms with Crippen LogP contribution in [0.1, 0.15) is 44.7 Å². The zero-order chi connectivity index (χ0) is 16.5. The molecule has 0 saturated heterocycles. The van der Waals surface area contributed by atoms with Crippen molar-refractivity contribution in [1.29, 1.82) is 0 Å². The van der Waals surface area contributed by atoms with Gasteiger partial charge in [0.05, 0.1) is 0 Å². The summed E-state index contributed by atoms with van der Waals surface area (Å²) in [5.74, 6) is 0. The second kappa shape index (κ2) is 9.09. The van der Waals surface area contributed by atoms with E-state index in [2.05, 4.69) is 82.6 Å². The molecule has 0 amide bonds. The largest absolute Gasteiger partial charge is 0.381 e. The first-order valence-electron chi connectivity index (χ1n) is 7.96. The first-order chi connectivity index (χ1) is 10.4. The lowest BCUT2D eigenvalue weighted by Gasteiger charge is -2.10. The monoisotopic (exact) mass is 295 g/mol. The van der Waals surface area contributed by atoms with Crippen LogP contribution in [0, 0.1) is 6.92 Å². The quantitative estimate of drug-likeness (QED) is 0.593. The van der Waals surface area contributed by atoms with Crippen LogP contribution in [-0.4, -0.2) is 0 Å². The van der Waals surface area contributed by atoms with Gasteiger partial charge in [-0.2, -0.15) is 0 Å². The molecule has 0 aromatic heterocycles. The van der Waals surface area contributed by atoms with E-state index in [1.54, 1.807) is 0 Å². The Hall–Kier alpha value is -2.02. The molecule has 0 spiro atoms. The minimum Gasteiger partial charge on any atom is -0.381 e. The number of hydrogen-bond donors (Lipinski definition) is 1. The van der Waals surface area contributed by atoms with E-state index in [1.165, 1.54) is 22.3 Å². The van der Waals surface area contributed by atoms with Crippen molar-refractivity contribution in [2.75, 3.05) is 0 Å². The number of hydrogen-bond acceptors (Lipinski definition) is 1. The molecule has 0 saturated carbocycles. The molecule has 1 aromatic rings. The third-order valence-electron chi connectivity index (χ3n) is 3.66. The summed E-state index contributed by atoms with van der Waals surface area (Å²) in [6, 6.07) is 8.52. The van der Waals surface area contributed by atoms with Crippen molar-refractivity contribution in [3.05, 3.63) is 83.1 Å². The minimum atomic E-state index is 0.774. The molecule has 22 heavy (non-hydrogen) atoms. The van der Waals surface area contributed by atoms with Crippen molar-refractivity contribution >= 4 is 0 Å². The average Bonchev–Trinajstić information content (AvgIpc) is 2.49. The maximum atomic E-state index is 4.10. The summed E-state index contributed by atoms with van der Waals surface area (Å²) in [6.07, 6.45) is 6.49. The lowest BCUT2D eigenvalue weighted by Crippen LogP contribution is -2.12. The molecule has 118 valence electrons. The fourth-order valence-corrected chi connectivity index (χ4v) is 2.10. The molecule has 0 bridgehead atoms. The molecular weight excluding hydrogens is 266 g/mol. The standard InChI is InChI=1S/C21H29N/c1-7-8-21(16(2)3)14-11-18(5)19(6)22-15-20-12-9-17(4)10-13-20/h9-14,22H,5-8,15H2,1-4H3/b14-11-. The Bertz CT molecular complexity index is 566. The second-order valence-electron chi connectivity index (χ2n) is 5.95. The molecule has 0 heterocycles. The van der Waals surface area contributed by atoms with Gasteiger partial charge in [-0.05, 0) is 43.9 Å². The summed E-state index contributed by atoms with van der Waals surface area (Å²) in [7, 11) is 0. The lowest BCUT2D eigenvalue weighted by atomic mass is 10.0. The number of aryl methyl sites for hydroxylation is 1. The van der Waals surface area contributed by atoms with E-state index in [0.717, 1.165) is 30.7 Å². The van der Waals surface area contributed by atoms with E-state index in [0.29, 0.717) is 0 Å². The predicted octanol–water partition coefficient (Wildman–Crippen LogP) is 5.85. The zero-order valence-corrected chi connectivity index (χ0v) is 14.5. The van der Waals surface area contributed by atoms with Gasteiger partial charge in [-0.3, -0.25) is 0 Å². The van der Waals surface area contributed by atoms with Gasteiger partial charge in [-0.15, -0.1) is 0 Å². The molecule has 1 aromatic carbocycles. The van der Waals surface area contributed by atoms with Crippen LogP contribution >= 0.6 is 0 Å². The van der Waals surface area contributed by atoms with Crippen LogP contribution in [-0.2, 0) is 6.54 Å². The molecule has 0 fully saturated rings. The molecule has 1 nitrogen and oxygen atoms in total. The molecule has 1 rings (SSSR count). The second-order valence-corrected chi connectivity index (χ2v) is 5.95. The van der Waals surface area contributed by atoms with Gasteiger partial charge in [0.25, 0.3) is 0 Å². The zero-order valence-electron chi connectivity index (χ0n) is 14.5. The van der Waals surface area contributed by atoms with Crippen LogP contribution in [0.3, 0.4) is 0 Å². The Balaban J connectivity index is 2.56. The van der Waals surface area contributed by atoms with Gasteiger partial charge in [0.1, 0.15) is 0 Å². The Morgan fingerprint density at radius 1 is 1.09 bits per heavy atom. The maximum absolute atomic E-state index is 4.10. The van der Waals surface area contributed by atoms with Gasteiger partial charge in [-0.1, -0.05) is 74.1 Å². The summed E-state index contributed by atoms with van der Waals surface area (Å²) in [4.78, 5) is 0. The summed E-state index contributed by atoms with van der Waals surface area (Å²) in [6.45, 7) is 17.6. The van der Waals surface area contributed by atoms with Crippen LogP contribution in [0.5, 0.6) is 0 Å². The van der Waals surface area contributed by atoms with E-state index < -0.39 is 0 Å². The molecule has 0 unspecified atom stereocenters. The number of allylic oxidation sites excluding steroid dienone is 4. The molecule has 0 aliphatic carbocycles. The van der Waals surface area contributed by atoms with Crippen molar-refractivity contribution in [3.8, 4) is 0 Å². The number of benzene rings is 1. The summed E-state index contributed by atoms with van der Waals surface area (Å²) in [5, 5.41) is 3.34. The van der Waals surface area contributed by atoms with E-state index in [9.17, 15) is 0 Å². The molecule has 0 atom stereocenters. The Morgan fingerprint density at radius 3 is 2.27 bits per heavy atom. The topological polar surface area (TPSA) is 12.0 Å². The first-order valence-corrected chi connectivity index (χ1v) is 7.96. The van der Waals surface area contributed by atoms with Crippen molar-refractivity contribution < 1.29 is 0 Å². The first kappa shape index (κ1) is 18.0. The summed E-state index contributed by atoms with van der Waals surface area (Å²) < 4.78 is 0. The van der Waals surface area contributed by atoms with Crippen LogP contribution in [0.15, 0.2) is 72.0 Å². The fourth-order valence-electron chi connectivity index (χ4n) is 2.10. The molecule has 0 radical (unpaired) electrons. The highest BCUT2D eigenvalue weighted by Gasteiger charge is 1.99. The predicted molar refractivity (Wildman–Crippen MR) is 98.7 cm³/mol. The summed E-state index contributed by atoms with van der Waals surface area (Å²) in [5.41, 5.74) is 7.09. The van der Waals surface area contributed by atoms with Gasteiger partial charge in [-0.25, -0.2) is 0 Å². The minimum absolute atomic E-state index is 0.774. The Kier molecular flexibility index (Phi) is 7.45. The third-order valence-corrected chi connectivity index (χ3v) is 3.66. The molecule has 1 heteroatoms. The SMILES string of the molecule is C=C(/C=C\C(CCC)=C(C)C)C(=C)NCc1ccc(C)cc1. The van der Waals surface area contributed by atoms with Crippen LogP contribution in [0.2, 0.25) is 0 Å². The molecule has 0 aliphatic heterocycles. The maximum Gasteiger partial charge on any atom is 0.0400 e.